The van der Waals surface area contributed by atoms with Gasteiger partial charge in [-0.15, -0.1) is 21.5 Å². The van der Waals surface area contributed by atoms with Gasteiger partial charge in [0.1, 0.15) is 0 Å². The first-order valence-electron chi connectivity index (χ1n) is 8.47. The SMILES string of the molecule is Cc1ccc(NC(=O)CSc2nnc(-c3csc4ccccc34)n2C)cc1. The topological polar surface area (TPSA) is 59.8 Å². The molecule has 7 heteroatoms. The van der Waals surface area contributed by atoms with E-state index in [1.807, 2.05) is 54.9 Å². The van der Waals surface area contributed by atoms with Gasteiger partial charge in [0.15, 0.2) is 11.0 Å². The summed E-state index contributed by atoms with van der Waals surface area (Å²) in [4.78, 5) is 12.2. The largest absolute Gasteiger partial charge is 0.325 e. The van der Waals surface area contributed by atoms with E-state index in [0.717, 1.165) is 27.8 Å². The normalized spacial score (nSPS) is 11.0. The maximum atomic E-state index is 12.2. The zero-order valence-corrected chi connectivity index (χ0v) is 16.6. The number of anilines is 1. The van der Waals surface area contributed by atoms with E-state index in [4.69, 9.17) is 0 Å². The van der Waals surface area contributed by atoms with Gasteiger partial charge >= 0.3 is 0 Å². The summed E-state index contributed by atoms with van der Waals surface area (Å²) in [7, 11) is 1.93. The molecular formula is C20H18N4OS2. The number of thiophene rings is 1. The van der Waals surface area contributed by atoms with Crippen molar-refractivity contribution in [3.63, 3.8) is 0 Å². The second-order valence-corrected chi connectivity index (χ2v) is 8.07. The Morgan fingerprint density at radius 3 is 2.74 bits per heavy atom. The minimum Gasteiger partial charge on any atom is -0.325 e. The molecule has 0 saturated heterocycles. The average molecular weight is 395 g/mol. The number of thioether (sulfide) groups is 1. The average Bonchev–Trinajstić information content (AvgIpc) is 3.25. The molecule has 0 atom stereocenters. The van der Waals surface area contributed by atoms with E-state index < -0.39 is 0 Å². The van der Waals surface area contributed by atoms with Crippen molar-refractivity contribution in [1.29, 1.82) is 0 Å². The number of fused-ring (bicyclic) bond motifs is 1. The van der Waals surface area contributed by atoms with Crippen LogP contribution in [0.4, 0.5) is 5.69 Å². The summed E-state index contributed by atoms with van der Waals surface area (Å²) in [6.07, 6.45) is 0. The Morgan fingerprint density at radius 1 is 1.15 bits per heavy atom. The third-order valence-corrected chi connectivity index (χ3v) is 6.21. The lowest BCUT2D eigenvalue weighted by atomic mass is 10.2. The third kappa shape index (κ3) is 3.74. The van der Waals surface area contributed by atoms with Crippen LogP contribution in [0, 0.1) is 6.92 Å². The second kappa shape index (κ2) is 7.54. The van der Waals surface area contributed by atoms with Crippen LogP contribution in [-0.4, -0.2) is 26.4 Å². The second-order valence-electron chi connectivity index (χ2n) is 6.21. The molecule has 2 heterocycles. The maximum absolute atomic E-state index is 12.2. The lowest BCUT2D eigenvalue weighted by Gasteiger charge is -2.06. The van der Waals surface area contributed by atoms with Gasteiger partial charge in [-0.2, -0.15) is 0 Å². The molecule has 0 fully saturated rings. The number of amides is 1. The van der Waals surface area contributed by atoms with Gasteiger partial charge in [0.05, 0.1) is 5.75 Å². The molecule has 2 aromatic heterocycles. The van der Waals surface area contributed by atoms with Gasteiger partial charge in [-0.1, -0.05) is 47.7 Å². The van der Waals surface area contributed by atoms with Crippen LogP contribution >= 0.6 is 23.1 Å². The van der Waals surface area contributed by atoms with Crippen molar-refractivity contribution in [2.45, 2.75) is 12.1 Å². The fourth-order valence-corrected chi connectivity index (χ4v) is 4.44. The smallest absolute Gasteiger partial charge is 0.234 e. The van der Waals surface area contributed by atoms with Crippen LogP contribution in [0.25, 0.3) is 21.5 Å². The number of nitrogens with zero attached hydrogens (tertiary/aromatic N) is 3. The number of hydrogen-bond donors (Lipinski definition) is 1. The number of hydrogen-bond acceptors (Lipinski definition) is 5. The zero-order valence-electron chi connectivity index (χ0n) is 15.0. The number of nitrogens with one attached hydrogen (secondary N) is 1. The van der Waals surface area contributed by atoms with Crippen molar-refractivity contribution in [3.8, 4) is 11.4 Å². The molecule has 27 heavy (non-hydrogen) atoms. The fourth-order valence-electron chi connectivity index (χ4n) is 2.79. The molecule has 1 N–H and O–H groups in total. The number of aryl methyl sites for hydroxylation is 1. The van der Waals surface area contributed by atoms with E-state index in [9.17, 15) is 4.79 Å². The van der Waals surface area contributed by atoms with Gasteiger partial charge in [-0.05, 0) is 25.1 Å². The Morgan fingerprint density at radius 2 is 1.93 bits per heavy atom. The molecule has 4 rings (SSSR count). The van der Waals surface area contributed by atoms with Crippen LogP contribution in [0.3, 0.4) is 0 Å². The van der Waals surface area contributed by atoms with E-state index in [2.05, 4.69) is 33.0 Å². The third-order valence-electron chi connectivity index (χ3n) is 4.22. The van der Waals surface area contributed by atoms with Gasteiger partial charge in [0.2, 0.25) is 5.91 Å². The van der Waals surface area contributed by atoms with Crippen LogP contribution in [0.5, 0.6) is 0 Å². The van der Waals surface area contributed by atoms with E-state index in [-0.39, 0.29) is 11.7 Å². The van der Waals surface area contributed by atoms with Gasteiger partial charge in [0, 0.05) is 33.8 Å². The predicted octanol–water partition coefficient (Wildman–Crippen LogP) is 4.74. The Kier molecular flexibility index (Phi) is 4.96. The minimum atomic E-state index is -0.0608. The van der Waals surface area contributed by atoms with E-state index in [1.165, 1.54) is 21.8 Å². The van der Waals surface area contributed by atoms with Crippen LogP contribution in [0.2, 0.25) is 0 Å². The van der Waals surface area contributed by atoms with Crippen LogP contribution in [0.15, 0.2) is 59.1 Å². The minimum absolute atomic E-state index is 0.0608. The lowest BCUT2D eigenvalue weighted by molar-refractivity contribution is -0.113. The number of benzene rings is 2. The van der Waals surface area contributed by atoms with Gasteiger partial charge in [-0.25, -0.2) is 0 Å². The Hall–Kier alpha value is -2.64. The molecule has 0 unspecified atom stereocenters. The summed E-state index contributed by atoms with van der Waals surface area (Å²) in [5.41, 5.74) is 3.03. The lowest BCUT2D eigenvalue weighted by Crippen LogP contribution is -2.14. The Labute approximate surface area is 165 Å². The van der Waals surface area contributed by atoms with E-state index in [0.29, 0.717) is 0 Å². The highest BCUT2D eigenvalue weighted by Crippen LogP contribution is 2.33. The van der Waals surface area contributed by atoms with Crippen molar-refractivity contribution in [2.75, 3.05) is 11.1 Å². The summed E-state index contributed by atoms with van der Waals surface area (Å²) < 4.78 is 3.17. The number of aromatic nitrogens is 3. The van der Waals surface area contributed by atoms with Crippen LogP contribution in [-0.2, 0) is 11.8 Å². The number of rotatable bonds is 5. The summed E-state index contributed by atoms with van der Waals surface area (Å²) >= 11 is 3.08. The standard InChI is InChI=1S/C20H18N4OS2/c1-13-7-9-14(10-8-13)21-18(25)12-27-20-23-22-19(24(20)2)16-11-26-17-6-4-3-5-15(16)17/h3-11H,12H2,1-2H3,(H,21,25). The van der Waals surface area contributed by atoms with Crippen molar-refractivity contribution in [2.24, 2.45) is 7.05 Å². The van der Waals surface area contributed by atoms with Crippen molar-refractivity contribution >= 4 is 44.8 Å². The quantitative estimate of drug-likeness (QED) is 0.497. The molecule has 5 nitrogen and oxygen atoms in total. The molecule has 0 radical (unpaired) electrons. The maximum Gasteiger partial charge on any atom is 0.234 e. The first-order chi connectivity index (χ1) is 13.1. The molecule has 136 valence electrons. The molecule has 0 spiro atoms. The first-order valence-corrected chi connectivity index (χ1v) is 10.3. The molecule has 4 aromatic rings. The molecule has 0 aliphatic rings. The predicted molar refractivity (Wildman–Crippen MR) is 112 cm³/mol. The van der Waals surface area contributed by atoms with E-state index >= 15 is 0 Å². The van der Waals surface area contributed by atoms with Gasteiger partial charge < -0.3 is 9.88 Å². The van der Waals surface area contributed by atoms with E-state index in [1.54, 1.807) is 11.3 Å². The number of carbonyl (C=O) groups excluding carboxylic acids is 1. The van der Waals surface area contributed by atoms with Gasteiger partial charge in [-0.3, -0.25) is 4.79 Å². The highest BCUT2D eigenvalue weighted by atomic mass is 32.2. The summed E-state index contributed by atoms with van der Waals surface area (Å²) in [6.45, 7) is 2.02. The number of carbonyl (C=O) groups is 1. The molecule has 0 saturated carbocycles. The highest BCUT2D eigenvalue weighted by molar-refractivity contribution is 7.99. The van der Waals surface area contributed by atoms with Crippen molar-refractivity contribution < 1.29 is 4.79 Å². The van der Waals surface area contributed by atoms with Crippen molar-refractivity contribution in [3.05, 3.63) is 59.5 Å². The summed E-state index contributed by atoms with van der Waals surface area (Å²) in [5, 5.41) is 15.5. The first kappa shape index (κ1) is 17.8. The summed E-state index contributed by atoms with van der Waals surface area (Å²) in [5.74, 6) is 1.04. The fraction of sp³-hybridized carbons (Fsp3) is 0.150. The molecule has 0 aliphatic heterocycles. The summed E-state index contributed by atoms with van der Waals surface area (Å²) in [6, 6.07) is 16.0. The zero-order chi connectivity index (χ0) is 18.8. The molecule has 0 bridgehead atoms. The highest BCUT2D eigenvalue weighted by Gasteiger charge is 2.16. The molecule has 2 aromatic carbocycles. The molecular weight excluding hydrogens is 376 g/mol. The van der Waals surface area contributed by atoms with Crippen LogP contribution in [0.1, 0.15) is 5.56 Å². The Balaban J connectivity index is 1.46. The van der Waals surface area contributed by atoms with Gasteiger partial charge in [0.25, 0.3) is 0 Å². The molecule has 0 aliphatic carbocycles. The molecule has 1 amide bonds. The monoisotopic (exact) mass is 394 g/mol. The van der Waals surface area contributed by atoms with Crippen LogP contribution < -0.4 is 5.32 Å². The van der Waals surface area contributed by atoms with Crippen molar-refractivity contribution in [1.82, 2.24) is 14.8 Å². The Bertz CT molecular complexity index is 1100.